The highest BCUT2D eigenvalue weighted by atomic mass is 16.3. The lowest BCUT2D eigenvalue weighted by Crippen LogP contribution is -2.33. The van der Waals surface area contributed by atoms with Crippen LogP contribution in [-0.2, 0) is 0 Å². The highest BCUT2D eigenvalue weighted by Gasteiger charge is 2.09. The maximum absolute atomic E-state index is 10.5. The highest BCUT2D eigenvalue weighted by Crippen LogP contribution is 2.16. The predicted molar refractivity (Wildman–Crippen MR) is 61.4 cm³/mol. The van der Waals surface area contributed by atoms with Crippen molar-refractivity contribution in [3.8, 4) is 0 Å². The van der Waals surface area contributed by atoms with Crippen LogP contribution in [0.2, 0.25) is 0 Å². The number of carbonyl (C=O) groups excluding carboxylic acids is 1. The molecular weight excluding hydrogens is 190 g/mol. The molecule has 0 aromatic heterocycles. The number of carbonyl (C=O) groups is 1. The zero-order chi connectivity index (χ0) is 11.3. The average molecular weight is 207 g/mol. The Morgan fingerprint density at radius 3 is 2.33 bits per heavy atom. The van der Waals surface area contributed by atoms with Gasteiger partial charge in [-0.2, -0.15) is 0 Å². The van der Waals surface area contributed by atoms with Gasteiger partial charge < -0.3 is 10.0 Å². The fourth-order valence-corrected chi connectivity index (χ4v) is 1.54. The van der Waals surface area contributed by atoms with Crippen LogP contribution in [-0.4, -0.2) is 30.6 Å². The summed E-state index contributed by atoms with van der Waals surface area (Å²) in [4.78, 5) is 12.6. The van der Waals surface area contributed by atoms with Crippen LogP contribution in [0.3, 0.4) is 0 Å². The van der Waals surface area contributed by atoms with Gasteiger partial charge in [-0.25, -0.2) is 0 Å². The van der Waals surface area contributed by atoms with Gasteiger partial charge in [0, 0.05) is 23.8 Å². The van der Waals surface area contributed by atoms with Crippen LogP contribution in [0.25, 0.3) is 0 Å². The molecule has 1 N–H and O–H groups in total. The maximum atomic E-state index is 10.5. The smallest absolute Gasteiger partial charge is 0.150 e. The number of anilines is 1. The number of aldehydes is 1. The fraction of sp³-hybridized carbons (Fsp3) is 0.417. The summed E-state index contributed by atoms with van der Waals surface area (Å²) < 4.78 is 0. The molecule has 0 atom stereocenters. The van der Waals surface area contributed by atoms with E-state index in [0.29, 0.717) is 18.2 Å². The summed E-state index contributed by atoms with van der Waals surface area (Å²) in [6, 6.07) is 7.71. The van der Waals surface area contributed by atoms with E-state index in [4.69, 9.17) is 5.11 Å². The van der Waals surface area contributed by atoms with E-state index in [-0.39, 0.29) is 6.61 Å². The lowest BCUT2D eigenvalue weighted by Gasteiger charge is -2.28. The van der Waals surface area contributed by atoms with Crippen LogP contribution in [0.15, 0.2) is 24.3 Å². The number of benzene rings is 1. The van der Waals surface area contributed by atoms with E-state index < -0.39 is 0 Å². The standard InChI is InChI=1S/C12H17NO2/c1-10(2)13(7-8-14)12-5-3-11(9-15)4-6-12/h3-6,9-10,14H,7-8H2,1-2H3. The third-order valence-corrected chi connectivity index (χ3v) is 2.33. The topological polar surface area (TPSA) is 40.5 Å². The third kappa shape index (κ3) is 3.06. The maximum Gasteiger partial charge on any atom is 0.150 e. The zero-order valence-corrected chi connectivity index (χ0v) is 9.18. The Bertz CT molecular complexity index is 306. The van der Waals surface area contributed by atoms with E-state index in [1.54, 1.807) is 12.1 Å². The van der Waals surface area contributed by atoms with Crippen LogP contribution < -0.4 is 4.90 Å². The molecular formula is C12H17NO2. The Labute approximate surface area is 90.3 Å². The van der Waals surface area contributed by atoms with Gasteiger partial charge in [0.15, 0.2) is 0 Å². The van der Waals surface area contributed by atoms with Crippen molar-refractivity contribution in [1.29, 1.82) is 0 Å². The minimum atomic E-state index is 0.133. The van der Waals surface area contributed by atoms with E-state index in [1.807, 2.05) is 12.1 Å². The Hall–Kier alpha value is -1.35. The van der Waals surface area contributed by atoms with Crippen molar-refractivity contribution in [1.82, 2.24) is 0 Å². The molecule has 0 saturated heterocycles. The lowest BCUT2D eigenvalue weighted by molar-refractivity contribution is 0.112. The molecule has 0 spiro atoms. The van der Waals surface area contributed by atoms with Gasteiger partial charge in [-0.15, -0.1) is 0 Å². The van der Waals surface area contributed by atoms with Crippen LogP contribution in [0, 0.1) is 0 Å². The predicted octanol–water partition coefficient (Wildman–Crippen LogP) is 1.71. The van der Waals surface area contributed by atoms with Crippen LogP contribution in [0.4, 0.5) is 5.69 Å². The quantitative estimate of drug-likeness (QED) is 0.747. The molecule has 15 heavy (non-hydrogen) atoms. The number of aliphatic hydroxyl groups is 1. The molecule has 1 aromatic rings. The number of nitrogens with zero attached hydrogens (tertiary/aromatic N) is 1. The van der Waals surface area contributed by atoms with Crippen LogP contribution in [0.5, 0.6) is 0 Å². The summed E-state index contributed by atoms with van der Waals surface area (Å²) in [5, 5.41) is 8.95. The summed E-state index contributed by atoms with van der Waals surface area (Å²) in [6.45, 7) is 4.89. The first kappa shape index (κ1) is 11.7. The van der Waals surface area contributed by atoms with Gasteiger partial charge in [0.05, 0.1) is 6.61 Å². The summed E-state index contributed by atoms with van der Waals surface area (Å²) in [5.74, 6) is 0. The molecule has 0 unspecified atom stereocenters. The van der Waals surface area contributed by atoms with Gasteiger partial charge in [-0.3, -0.25) is 4.79 Å². The van der Waals surface area contributed by atoms with Gasteiger partial charge in [0.2, 0.25) is 0 Å². The lowest BCUT2D eigenvalue weighted by atomic mass is 10.2. The molecule has 3 heteroatoms. The minimum Gasteiger partial charge on any atom is -0.395 e. The van der Waals surface area contributed by atoms with Crippen LogP contribution >= 0.6 is 0 Å². The number of rotatable bonds is 5. The van der Waals surface area contributed by atoms with Crippen LogP contribution in [0.1, 0.15) is 24.2 Å². The second-order valence-corrected chi connectivity index (χ2v) is 3.72. The number of aliphatic hydroxyl groups excluding tert-OH is 1. The van der Waals surface area contributed by atoms with Crippen molar-refractivity contribution < 1.29 is 9.90 Å². The average Bonchev–Trinajstić information content (AvgIpc) is 2.26. The van der Waals surface area contributed by atoms with E-state index in [0.717, 1.165) is 12.0 Å². The normalized spacial score (nSPS) is 10.4. The second kappa shape index (κ2) is 5.51. The molecule has 0 saturated carbocycles. The first-order chi connectivity index (χ1) is 7.19. The minimum absolute atomic E-state index is 0.133. The Kier molecular flexibility index (Phi) is 4.31. The molecule has 0 aliphatic heterocycles. The molecule has 82 valence electrons. The molecule has 0 radical (unpaired) electrons. The molecule has 0 heterocycles. The van der Waals surface area contributed by atoms with Gasteiger partial charge in [-0.05, 0) is 38.1 Å². The van der Waals surface area contributed by atoms with Crippen molar-refractivity contribution in [2.75, 3.05) is 18.1 Å². The van der Waals surface area contributed by atoms with E-state index in [1.165, 1.54) is 0 Å². The fourth-order valence-electron chi connectivity index (χ4n) is 1.54. The number of hydrogen-bond donors (Lipinski definition) is 1. The second-order valence-electron chi connectivity index (χ2n) is 3.72. The SMILES string of the molecule is CC(C)N(CCO)c1ccc(C=O)cc1. The highest BCUT2D eigenvalue weighted by molar-refractivity contribution is 5.75. The Morgan fingerprint density at radius 1 is 1.33 bits per heavy atom. The van der Waals surface area contributed by atoms with Crippen molar-refractivity contribution in [3.63, 3.8) is 0 Å². The van der Waals surface area contributed by atoms with Gasteiger partial charge >= 0.3 is 0 Å². The summed E-state index contributed by atoms with van der Waals surface area (Å²) in [7, 11) is 0. The van der Waals surface area contributed by atoms with Crippen molar-refractivity contribution in [2.45, 2.75) is 19.9 Å². The Balaban J connectivity index is 2.86. The summed E-state index contributed by atoms with van der Waals surface area (Å²) in [5.41, 5.74) is 1.70. The molecule has 0 fully saturated rings. The molecule has 0 bridgehead atoms. The molecule has 0 aliphatic carbocycles. The zero-order valence-electron chi connectivity index (χ0n) is 9.18. The van der Waals surface area contributed by atoms with Gasteiger partial charge in [0.1, 0.15) is 6.29 Å². The van der Waals surface area contributed by atoms with Crippen molar-refractivity contribution in [3.05, 3.63) is 29.8 Å². The largest absolute Gasteiger partial charge is 0.395 e. The monoisotopic (exact) mass is 207 g/mol. The first-order valence-corrected chi connectivity index (χ1v) is 5.11. The molecule has 0 amide bonds. The van der Waals surface area contributed by atoms with E-state index >= 15 is 0 Å². The van der Waals surface area contributed by atoms with E-state index in [2.05, 4.69) is 18.7 Å². The van der Waals surface area contributed by atoms with Gasteiger partial charge in [-0.1, -0.05) is 0 Å². The molecule has 1 rings (SSSR count). The summed E-state index contributed by atoms with van der Waals surface area (Å²) >= 11 is 0. The van der Waals surface area contributed by atoms with E-state index in [9.17, 15) is 4.79 Å². The molecule has 0 aliphatic rings. The third-order valence-electron chi connectivity index (χ3n) is 2.33. The molecule has 1 aromatic carbocycles. The van der Waals surface area contributed by atoms with Crippen molar-refractivity contribution in [2.24, 2.45) is 0 Å². The molecule has 3 nitrogen and oxygen atoms in total. The number of hydrogen-bond acceptors (Lipinski definition) is 3. The first-order valence-electron chi connectivity index (χ1n) is 5.11. The Morgan fingerprint density at radius 2 is 1.93 bits per heavy atom. The van der Waals surface area contributed by atoms with Gasteiger partial charge in [0.25, 0.3) is 0 Å². The summed E-state index contributed by atoms with van der Waals surface area (Å²) in [6.07, 6.45) is 0.829. The van der Waals surface area contributed by atoms with Crippen molar-refractivity contribution >= 4 is 12.0 Å².